The van der Waals surface area contributed by atoms with Crippen molar-refractivity contribution in [3.05, 3.63) is 52.2 Å². The molecular weight excluding hydrogens is 204 g/mol. The second-order valence-electron chi connectivity index (χ2n) is 3.23. The number of hydrogen-bond donors (Lipinski definition) is 0. The first kappa shape index (κ1) is 10.1. The normalized spacial score (nSPS) is 9.75. The van der Waals surface area contributed by atoms with Crippen LogP contribution in [0.3, 0.4) is 0 Å². The Morgan fingerprint density at radius 1 is 1.38 bits per heavy atom. The summed E-state index contributed by atoms with van der Waals surface area (Å²) >= 11 is 0. The van der Waals surface area contributed by atoms with Crippen molar-refractivity contribution in [2.75, 3.05) is 0 Å². The second-order valence-corrected chi connectivity index (χ2v) is 3.23. The predicted octanol–water partition coefficient (Wildman–Crippen LogP) is 0.808. The zero-order valence-electron chi connectivity index (χ0n) is 8.58. The van der Waals surface area contributed by atoms with E-state index in [2.05, 4.69) is 10.1 Å². The lowest BCUT2D eigenvalue weighted by Gasteiger charge is -2.03. The van der Waals surface area contributed by atoms with Crippen molar-refractivity contribution in [2.45, 2.75) is 6.92 Å². The molecule has 2 rings (SSSR count). The lowest BCUT2D eigenvalue weighted by Crippen LogP contribution is -2.23. The third-order valence-electron chi connectivity index (χ3n) is 2.11. The molecule has 2 aromatic rings. The third-order valence-corrected chi connectivity index (χ3v) is 2.11. The Bertz CT molecular complexity index is 607. The van der Waals surface area contributed by atoms with Crippen molar-refractivity contribution >= 4 is 0 Å². The van der Waals surface area contributed by atoms with Gasteiger partial charge in [-0.3, -0.25) is 9.78 Å². The molecule has 0 saturated carbocycles. The maximum absolute atomic E-state index is 11.7. The Hall–Kier alpha value is -2.48. The van der Waals surface area contributed by atoms with Gasteiger partial charge < -0.3 is 0 Å². The fraction of sp³-hybridized carbons (Fsp3) is 0.0909. The summed E-state index contributed by atoms with van der Waals surface area (Å²) in [6.07, 6.45) is 2.96. The average Bonchev–Trinajstić information content (AvgIpc) is 2.31. The molecule has 78 valence electrons. The van der Waals surface area contributed by atoms with E-state index in [0.29, 0.717) is 5.69 Å². The number of nitriles is 1. The Kier molecular flexibility index (Phi) is 2.48. The fourth-order valence-corrected chi connectivity index (χ4v) is 1.27. The van der Waals surface area contributed by atoms with E-state index < -0.39 is 5.56 Å². The highest BCUT2D eigenvalue weighted by atomic mass is 16.1. The van der Waals surface area contributed by atoms with Gasteiger partial charge in [-0.15, -0.1) is 0 Å². The molecule has 0 amide bonds. The maximum Gasteiger partial charge on any atom is 0.289 e. The van der Waals surface area contributed by atoms with Crippen LogP contribution >= 0.6 is 0 Å². The van der Waals surface area contributed by atoms with Gasteiger partial charge in [-0.2, -0.15) is 15.0 Å². The van der Waals surface area contributed by atoms with E-state index in [1.165, 1.54) is 12.3 Å². The zero-order chi connectivity index (χ0) is 11.5. The molecule has 0 aliphatic carbocycles. The summed E-state index contributed by atoms with van der Waals surface area (Å²) in [4.78, 5) is 15.8. The minimum atomic E-state index is -0.435. The van der Waals surface area contributed by atoms with Crippen LogP contribution in [-0.4, -0.2) is 14.8 Å². The van der Waals surface area contributed by atoms with Crippen molar-refractivity contribution in [1.82, 2.24) is 14.8 Å². The first-order chi connectivity index (χ1) is 7.72. The van der Waals surface area contributed by atoms with E-state index in [1.807, 2.05) is 13.0 Å². The van der Waals surface area contributed by atoms with Gasteiger partial charge in [0.25, 0.3) is 5.56 Å². The second kappa shape index (κ2) is 3.95. The molecule has 5 heteroatoms. The van der Waals surface area contributed by atoms with Crippen molar-refractivity contribution in [3.63, 3.8) is 0 Å². The summed E-state index contributed by atoms with van der Waals surface area (Å²) in [5.74, 6) is 0. The van der Waals surface area contributed by atoms with Crippen LogP contribution < -0.4 is 5.56 Å². The van der Waals surface area contributed by atoms with Gasteiger partial charge in [0.05, 0.1) is 11.9 Å². The summed E-state index contributed by atoms with van der Waals surface area (Å²) < 4.78 is 1.16. The molecule has 2 aromatic heterocycles. The zero-order valence-corrected chi connectivity index (χ0v) is 8.58. The highest BCUT2D eigenvalue weighted by Gasteiger charge is 2.05. The van der Waals surface area contributed by atoms with Crippen LogP contribution in [0.15, 0.2) is 35.4 Å². The van der Waals surface area contributed by atoms with E-state index >= 15 is 0 Å². The topological polar surface area (TPSA) is 71.6 Å². The minimum absolute atomic E-state index is 0.0653. The molecule has 0 radical (unpaired) electrons. The van der Waals surface area contributed by atoms with Gasteiger partial charge >= 0.3 is 0 Å². The highest BCUT2D eigenvalue weighted by Crippen LogP contribution is 2.02. The number of pyridine rings is 1. The Balaban J connectivity index is 2.62. The molecule has 0 bridgehead atoms. The number of hydrogen-bond acceptors (Lipinski definition) is 4. The van der Waals surface area contributed by atoms with Gasteiger partial charge in [0.1, 0.15) is 11.6 Å². The van der Waals surface area contributed by atoms with Crippen molar-refractivity contribution in [1.29, 1.82) is 5.26 Å². The van der Waals surface area contributed by atoms with E-state index in [1.54, 1.807) is 18.3 Å². The molecule has 0 N–H and O–H groups in total. The lowest BCUT2D eigenvalue weighted by molar-refractivity contribution is 0.797. The molecule has 0 fully saturated rings. The molecule has 0 aromatic carbocycles. The monoisotopic (exact) mass is 212 g/mol. The van der Waals surface area contributed by atoms with Crippen LogP contribution in [0.2, 0.25) is 0 Å². The fourth-order valence-electron chi connectivity index (χ4n) is 1.27. The summed E-state index contributed by atoms with van der Waals surface area (Å²) in [6.45, 7) is 1.85. The average molecular weight is 212 g/mol. The molecule has 0 unspecified atom stereocenters. The van der Waals surface area contributed by atoms with E-state index in [0.717, 1.165) is 10.4 Å². The van der Waals surface area contributed by atoms with Crippen LogP contribution in [-0.2, 0) is 0 Å². The molecule has 0 saturated heterocycles. The minimum Gasteiger partial charge on any atom is -0.266 e. The van der Waals surface area contributed by atoms with Crippen LogP contribution in [0.5, 0.6) is 0 Å². The molecule has 16 heavy (non-hydrogen) atoms. The molecule has 0 aliphatic heterocycles. The third kappa shape index (κ3) is 1.68. The van der Waals surface area contributed by atoms with Crippen molar-refractivity contribution in [2.24, 2.45) is 0 Å². The predicted molar refractivity (Wildman–Crippen MR) is 57.1 cm³/mol. The molecular formula is C11H8N4O. The molecule has 0 aliphatic rings. The molecule has 0 atom stereocenters. The highest BCUT2D eigenvalue weighted by molar-refractivity contribution is 5.32. The molecule has 2 heterocycles. The van der Waals surface area contributed by atoms with E-state index in [-0.39, 0.29) is 5.56 Å². The molecule has 5 nitrogen and oxygen atoms in total. The summed E-state index contributed by atoms with van der Waals surface area (Å²) in [7, 11) is 0. The van der Waals surface area contributed by atoms with E-state index in [9.17, 15) is 4.79 Å². The first-order valence-electron chi connectivity index (χ1n) is 4.64. The van der Waals surface area contributed by atoms with Crippen molar-refractivity contribution < 1.29 is 0 Å². The largest absolute Gasteiger partial charge is 0.289 e. The Morgan fingerprint density at radius 2 is 2.19 bits per heavy atom. The number of aryl methyl sites for hydroxylation is 1. The van der Waals surface area contributed by atoms with E-state index in [4.69, 9.17) is 5.26 Å². The summed E-state index contributed by atoms with van der Waals surface area (Å²) in [5.41, 5.74) is 1.03. The quantitative estimate of drug-likeness (QED) is 0.701. The lowest BCUT2D eigenvalue weighted by atomic mass is 10.3. The Labute approximate surface area is 91.6 Å². The van der Waals surface area contributed by atoms with Gasteiger partial charge in [0.2, 0.25) is 0 Å². The maximum atomic E-state index is 11.7. The van der Waals surface area contributed by atoms with Gasteiger partial charge in [0, 0.05) is 11.9 Å². The first-order valence-corrected chi connectivity index (χ1v) is 4.64. The number of nitrogens with zero attached hydrogens (tertiary/aromatic N) is 4. The van der Waals surface area contributed by atoms with Crippen LogP contribution in [0.25, 0.3) is 5.69 Å². The van der Waals surface area contributed by atoms with Crippen LogP contribution in [0.1, 0.15) is 11.3 Å². The number of aromatic nitrogens is 3. The van der Waals surface area contributed by atoms with Gasteiger partial charge in [-0.25, -0.2) is 0 Å². The molecule has 0 spiro atoms. The standard InChI is InChI=1S/C11H8N4O/c1-8-2-3-10(7-13-8)15-11(16)9(6-12)4-5-14-15/h2-5,7H,1H3. The summed E-state index contributed by atoms with van der Waals surface area (Å²) in [6, 6.07) is 6.73. The van der Waals surface area contributed by atoms with Crippen LogP contribution in [0.4, 0.5) is 0 Å². The van der Waals surface area contributed by atoms with Gasteiger partial charge in [0.15, 0.2) is 0 Å². The van der Waals surface area contributed by atoms with Crippen LogP contribution in [0, 0.1) is 18.3 Å². The summed E-state index contributed by atoms with van der Waals surface area (Å²) in [5, 5.41) is 12.6. The van der Waals surface area contributed by atoms with Crippen molar-refractivity contribution in [3.8, 4) is 11.8 Å². The smallest absolute Gasteiger partial charge is 0.266 e. The van der Waals surface area contributed by atoms with Gasteiger partial charge in [-0.1, -0.05) is 0 Å². The van der Waals surface area contributed by atoms with Gasteiger partial charge in [-0.05, 0) is 25.1 Å². The SMILES string of the molecule is Cc1ccc(-n2nccc(C#N)c2=O)cn1. The number of rotatable bonds is 1. The Morgan fingerprint density at radius 3 is 2.81 bits per heavy atom.